The van der Waals surface area contributed by atoms with E-state index in [-0.39, 0.29) is 5.75 Å². The number of aromatic hydroxyl groups is 2. The van der Waals surface area contributed by atoms with Crippen molar-refractivity contribution < 1.29 is 10.2 Å². The summed E-state index contributed by atoms with van der Waals surface area (Å²) in [6.07, 6.45) is 6.63. The van der Waals surface area contributed by atoms with Crippen molar-refractivity contribution in [2.75, 3.05) is 0 Å². The summed E-state index contributed by atoms with van der Waals surface area (Å²) in [5.74, 6) is 1.13. The van der Waals surface area contributed by atoms with Crippen molar-refractivity contribution in [3.05, 3.63) is 58.7 Å². The fraction of sp³-hybridized carbons (Fsp3) is 0.400. The van der Waals surface area contributed by atoms with Crippen LogP contribution in [0.2, 0.25) is 0 Å². The van der Waals surface area contributed by atoms with Gasteiger partial charge in [-0.1, -0.05) is 37.0 Å². The molecule has 2 aromatic rings. The van der Waals surface area contributed by atoms with Crippen LogP contribution in [-0.2, 0) is 6.42 Å². The third kappa shape index (κ3) is 3.11. The molecule has 1 fully saturated rings. The number of hydrogen-bond donors (Lipinski definition) is 2. The van der Waals surface area contributed by atoms with Gasteiger partial charge in [0.2, 0.25) is 0 Å². The van der Waals surface area contributed by atoms with Crippen molar-refractivity contribution in [3.63, 3.8) is 0 Å². The SMILES string of the molecule is Cc1ccc(O)c(Cc2c[c]cc(C3CCCCC3)c2O)c1. The number of rotatable bonds is 3. The molecule has 2 nitrogen and oxygen atoms in total. The van der Waals surface area contributed by atoms with Crippen LogP contribution < -0.4 is 0 Å². The summed E-state index contributed by atoms with van der Waals surface area (Å²) in [5.41, 5.74) is 3.84. The molecule has 2 heteroatoms. The molecule has 3 rings (SSSR count). The average Bonchev–Trinajstić information content (AvgIpc) is 2.54. The van der Waals surface area contributed by atoms with Gasteiger partial charge in [-0.3, -0.25) is 0 Å². The molecule has 0 aromatic heterocycles. The van der Waals surface area contributed by atoms with E-state index in [0.29, 0.717) is 18.1 Å². The Kier molecular flexibility index (Phi) is 4.37. The smallest absolute Gasteiger partial charge is 0.122 e. The first kappa shape index (κ1) is 15.0. The van der Waals surface area contributed by atoms with Crippen LogP contribution in [0, 0.1) is 13.0 Å². The van der Waals surface area contributed by atoms with Gasteiger partial charge in [0.15, 0.2) is 0 Å². The second-order valence-corrected chi connectivity index (χ2v) is 6.43. The zero-order chi connectivity index (χ0) is 15.5. The quantitative estimate of drug-likeness (QED) is 0.850. The molecular weight excluding hydrogens is 272 g/mol. The minimum atomic E-state index is 0.285. The van der Waals surface area contributed by atoms with E-state index >= 15 is 0 Å². The van der Waals surface area contributed by atoms with Crippen LogP contribution in [0.1, 0.15) is 60.3 Å². The summed E-state index contributed by atoms with van der Waals surface area (Å²) >= 11 is 0. The molecule has 0 atom stereocenters. The first-order chi connectivity index (χ1) is 10.6. The zero-order valence-corrected chi connectivity index (χ0v) is 13.1. The van der Waals surface area contributed by atoms with Gasteiger partial charge in [0.05, 0.1) is 0 Å². The van der Waals surface area contributed by atoms with Gasteiger partial charge in [-0.25, -0.2) is 0 Å². The Morgan fingerprint density at radius 1 is 1.05 bits per heavy atom. The Hall–Kier alpha value is -1.96. The molecule has 1 saturated carbocycles. The lowest BCUT2D eigenvalue weighted by molar-refractivity contribution is 0.411. The lowest BCUT2D eigenvalue weighted by Gasteiger charge is -2.23. The first-order valence-electron chi connectivity index (χ1n) is 8.15. The van der Waals surface area contributed by atoms with E-state index in [0.717, 1.165) is 35.1 Å². The molecule has 1 aliphatic rings. The monoisotopic (exact) mass is 295 g/mol. The Morgan fingerprint density at radius 2 is 1.82 bits per heavy atom. The highest BCUT2D eigenvalue weighted by Gasteiger charge is 2.20. The van der Waals surface area contributed by atoms with E-state index in [9.17, 15) is 10.2 Å². The van der Waals surface area contributed by atoms with Crippen molar-refractivity contribution in [2.24, 2.45) is 0 Å². The van der Waals surface area contributed by atoms with Crippen molar-refractivity contribution >= 4 is 0 Å². The highest BCUT2D eigenvalue weighted by Crippen LogP contribution is 2.39. The van der Waals surface area contributed by atoms with Crippen LogP contribution in [0.5, 0.6) is 11.5 Å². The molecular formula is C20H23O2. The van der Waals surface area contributed by atoms with Crippen LogP contribution in [0.3, 0.4) is 0 Å². The lowest BCUT2D eigenvalue weighted by atomic mass is 9.82. The van der Waals surface area contributed by atoms with Crippen molar-refractivity contribution in [1.82, 2.24) is 0 Å². The number of phenolic OH excluding ortho intramolecular Hbond substituents is 2. The molecule has 0 bridgehead atoms. The van der Waals surface area contributed by atoms with E-state index in [1.165, 1.54) is 19.3 Å². The maximum absolute atomic E-state index is 10.7. The van der Waals surface area contributed by atoms with Gasteiger partial charge >= 0.3 is 0 Å². The molecule has 115 valence electrons. The van der Waals surface area contributed by atoms with E-state index in [2.05, 4.69) is 6.07 Å². The summed E-state index contributed by atoms with van der Waals surface area (Å²) < 4.78 is 0. The van der Waals surface area contributed by atoms with Crippen LogP contribution in [0.25, 0.3) is 0 Å². The molecule has 2 N–H and O–H groups in total. The number of phenols is 2. The highest BCUT2D eigenvalue weighted by atomic mass is 16.3. The Balaban J connectivity index is 1.89. The van der Waals surface area contributed by atoms with Crippen molar-refractivity contribution in [3.8, 4) is 11.5 Å². The fourth-order valence-corrected chi connectivity index (χ4v) is 3.47. The normalized spacial score (nSPS) is 15.9. The molecule has 1 aliphatic carbocycles. The summed E-state index contributed by atoms with van der Waals surface area (Å²) in [6, 6.07) is 12.5. The van der Waals surface area contributed by atoms with Gasteiger partial charge in [0, 0.05) is 6.42 Å². The number of benzene rings is 2. The summed E-state index contributed by atoms with van der Waals surface area (Å²) in [5, 5.41) is 20.7. The zero-order valence-electron chi connectivity index (χ0n) is 13.1. The van der Waals surface area contributed by atoms with Gasteiger partial charge in [-0.15, -0.1) is 0 Å². The molecule has 0 amide bonds. The van der Waals surface area contributed by atoms with E-state index in [1.54, 1.807) is 6.07 Å². The molecule has 0 spiro atoms. The molecule has 0 saturated heterocycles. The topological polar surface area (TPSA) is 40.5 Å². The molecule has 0 heterocycles. The third-order valence-electron chi connectivity index (χ3n) is 4.73. The van der Waals surface area contributed by atoms with Crippen LogP contribution in [-0.4, -0.2) is 10.2 Å². The van der Waals surface area contributed by atoms with Gasteiger partial charge in [-0.05, 0) is 66.6 Å². The predicted molar refractivity (Wildman–Crippen MR) is 88.4 cm³/mol. The second-order valence-electron chi connectivity index (χ2n) is 6.43. The maximum Gasteiger partial charge on any atom is 0.122 e. The molecule has 0 unspecified atom stereocenters. The Morgan fingerprint density at radius 3 is 2.59 bits per heavy atom. The molecule has 0 aliphatic heterocycles. The number of hydrogen-bond acceptors (Lipinski definition) is 2. The van der Waals surface area contributed by atoms with Crippen LogP contribution in [0.15, 0.2) is 30.3 Å². The van der Waals surface area contributed by atoms with Crippen molar-refractivity contribution in [2.45, 2.75) is 51.4 Å². The van der Waals surface area contributed by atoms with Crippen LogP contribution in [0.4, 0.5) is 0 Å². The summed E-state index contributed by atoms with van der Waals surface area (Å²) in [6.45, 7) is 2.01. The van der Waals surface area contributed by atoms with Gasteiger partial charge in [-0.2, -0.15) is 0 Å². The standard InChI is InChI=1S/C20H23O2/c1-14-10-11-19(21)17(12-14)13-16-8-5-9-18(20(16)22)15-6-3-2-4-7-15/h8-12,15,21-22H,2-4,6-7,13H2,1H3. The van der Waals surface area contributed by atoms with Crippen molar-refractivity contribution in [1.29, 1.82) is 0 Å². The van der Waals surface area contributed by atoms with E-state index < -0.39 is 0 Å². The van der Waals surface area contributed by atoms with Gasteiger partial charge in [0.25, 0.3) is 0 Å². The Bertz CT molecular complexity index is 655. The van der Waals surface area contributed by atoms with E-state index in [4.69, 9.17) is 0 Å². The minimum Gasteiger partial charge on any atom is -0.508 e. The molecule has 22 heavy (non-hydrogen) atoms. The number of aryl methyl sites for hydroxylation is 1. The maximum atomic E-state index is 10.7. The van der Waals surface area contributed by atoms with Gasteiger partial charge < -0.3 is 10.2 Å². The van der Waals surface area contributed by atoms with Crippen LogP contribution >= 0.6 is 0 Å². The van der Waals surface area contributed by atoms with E-state index in [1.807, 2.05) is 31.2 Å². The minimum absolute atomic E-state index is 0.285. The predicted octanol–water partition coefficient (Wildman–Crippen LogP) is 4.84. The molecule has 2 aromatic carbocycles. The van der Waals surface area contributed by atoms with Gasteiger partial charge in [0.1, 0.15) is 11.5 Å². The second kappa shape index (κ2) is 6.43. The largest absolute Gasteiger partial charge is 0.508 e. The summed E-state index contributed by atoms with van der Waals surface area (Å²) in [7, 11) is 0. The fourth-order valence-electron chi connectivity index (χ4n) is 3.47. The Labute approximate surface area is 132 Å². The highest BCUT2D eigenvalue weighted by molar-refractivity contribution is 5.47. The first-order valence-corrected chi connectivity index (χ1v) is 8.15. The lowest BCUT2D eigenvalue weighted by Crippen LogP contribution is -2.05. The third-order valence-corrected chi connectivity index (χ3v) is 4.73. The average molecular weight is 295 g/mol. The summed E-state index contributed by atoms with van der Waals surface area (Å²) in [4.78, 5) is 0. The molecule has 1 radical (unpaired) electrons.